The van der Waals surface area contributed by atoms with Crippen molar-refractivity contribution in [2.45, 2.75) is 354 Å². The highest BCUT2D eigenvalue weighted by atomic mass is 31.2. The van der Waals surface area contributed by atoms with Gasteiger partial charge < -0.3 is 33.8 Å². The molecule has 5 atom stereocenters. The van der Waals surface area contributed by atoms with Gasteiger partial charge in [-0.25, -0.2) is 9.13 Å². The van der Waals surface area contributed by atoms with E-state index in [1.165, 1.54) is 57.8 Å². The smallest absolute Gasteiger partial charge is 0.462 e. The van der Waals surface area contributed by atoms with Gasteiger partial charge in [-0.1, -0.05) is 283 Å². The molecule has 19 heteroatoms. The number of hydrogen-bond acceptors (Lipinski definition) is 15. The molecule has 0 aromatic rings. The average molecular weight is 1530 g/mol. The molecule has 0 aliphatic heterocycles. The maximum atomic E-state index is 13.1. The van der Waals surface area contributed by atoms with E-state index in [9.17, 15) is 43.2 Å². The van der Waals surface area contributed by atoms with Crippen molar-refractivity contribution >= 4 is 39.5 Å². The molecule has 106 heavy (non-hydrogen) atoms. The highest BCUT2D eigenvalue weighted by molar-refractivity contribution is 7.47. The molecule has 0 saturated heterocycles. The van der Waals surface area contributed by atoms with E-state index in [0.717, 1.165) is 199 Å². The van der Waals surface area contributed by atoms with Crippen molar-refractivity contribution in [1.29, 1.82) is 0 Å². The summed E-state index contributed by atoms with van der Waals surface area (Å²) in [4.78, 5) is 73.1. The zero-order chi connectivity index (χ0) is 77.4. The number of ether oxygens (including phenoxy) is 4. The molecule has 608 valence electrons. The van der Waals surface area contributed by atoms with Crippen molar-refractivity contribution in [3.8, 4) is 0 Å². The molecule has 0 aromatic carbocycles. The van der Waals surface area contributed by atoms with Crippen LogP contribution in [0.3, 0.4) is 0 Å². The fourth-order valence-electron chi connectivity index (χ4n) is 10.8. The van der Waals surface area contributed by atoms with E-state index in [1.807, 2.05) is 0 Å². The second-order valence-electron chi connectivity index (χ2n) is 27.3. The molecule has 0 amide bonds. The van der Waals surface area contributed by atoms with Crippen LogP contribution in [0.5, 0.6) is 0 Å². The topological polar surface area (TPSA) is 237 Å². The Morgan fingerprint density at radius 3 is 0.783 bits per heavy atom. The van der Waals surface area contributed by atoms with Crippen LogP contribution in [0.1, 0.15) is 336 Å². The highest BCUT2D eigenvalue weighted by Gasteiger charge is 2.30. The first-order chi connectivity index (χ1) is 51.7. The van der Waals surface area contributed by atoms with Gasteiger partial charge >= 0.3 is 39.5 Å². The zero-order valence-electron chi connectivity index (χ0n) is 66.6. The first-order valence-corrected chi connectivity index (χ1v) is 44.4. The van der Waals surface area contributed by atoms with Crippen LogP contribution in [0.2, 0.25) is 0 Å². The Labute approximate surface area is 644 Å². The predicted molar refractivity (Wildman–Crippen MR) is 436 cm³/mol. The van der Waals surface area contributed by atoms with Crippen molar-refractivity contribution in [3.63, 3.8) is 0 Å². The number of hydrogen-bond donors (Lipinski definition) is 3. The van der Waals surface area contributed by atoms with Gasteiger partial charge in [-0.3, -0.25) is 37.3 Å². The van der Waals surface area contributed by atoms with E-state index in [0.29, 0.717) is 25.7 Å². The highest BCUT2D eigenvalue weighted by Crippen LogP contribution is 2.45. The third-order valence-electron chi connectivity index (χ3n) is 17.1. The lowest BCUT2D eigenvalue weighted by Crippen LogP contribution is -2.30. The number of phosphoric acid groups is 2. The lowest BCUT2D eigenvalue weighted by Gasteiger charge is -2.21. The summed E-state index contributed by atoms with van der Waals surface area (Å²) < 4.78 is 68.7. The molecule has 3 N–H and O–H groups in total. The van der Waals surface area contributed by atoms with E-state index in [4.69, 9.17) is 37.0 Å². The van der Waals surface area contributed by atoms with Crippen LogP contribution in [-0.2, 0) is 65.4 Å². The van der Waals surface area contributed by atoms with Gasteiger partial charge in [0.15, 0.2) is 12.2 Å². The molecule has 0 aromatic heterocycles. The van der Waals surface area contributed by atoms with Crippen LogP contribution < -0.4 is 0 Å². The second kappa shape index (κ2) is 78.3. The van der Waals surface area contributed by atoms with Crippen LogP contribution in [-0.4, -0.2) is 96.7 Å². The Bertz CT molecular complexity index is 2530. The minimum Gasteiger partial charge on any atom is -0.462 e. The van der Waals surface area contributed by atoms with Gasteiger partial charge in [0.25, 0.3) is 0 Å². The number of rotatable bonds is 77. The summed E-state index contributed by atoms with van der Waals surface area (Å²) in [6.07, 6.45) is 88.4. The van der Waals surface area contributed by atoms with E-state index in [-0.39, 0.29) is 25.7 Å². The number of esters is 4. The maximum absolute atomic E-state index is 13.1. The third kappa shape index (κ3) is 77.4. The summed E-state index contributed by atoms with van der Waals surface area (Å²) in [5.74, 6) is -2.24. The standard InChI is InChI=1S/C87H148O17P2/c1-5-9-13-17-21-25-29-33-37-39-40-42-46-48-52-56-60-64-68-72-85(90)98-78-83(104-87(92)74-70-66-62-58-54-50-44-36-32-28-24-20-16-12-8-4)80-102-106(95,96)100-76-81(88)75-99-105(93,94)101-79-82(103-86(91)73-69-65-61-57-53-49-43-35-31-27-23-19-15-11-7-3)77-97-84(89)71-67-63-59-55-51-47-45-41-38-34-30-26-22-18-14-10-6-2/h10-11,14-15,21-23,25-27,33-38,40,42-45,47,81-83,88H,5-9,12-13,16-20,24,28-32,39,41,46,48-80H2,1-4H3,(H,93,94)(H,95,96)/b14-10-,15-11-,25-21-,26-22-,27-23-,37-33-,38-34-,42-40-,43-35-,44-36-,47-45-. The minimum absolute atomic E-state index is 0.0664. The first-order valence-electron chi connectivity index (χ1n) is 41.4. The largest absolute Gasteiger partial charge is 0.472 e. The maximum Gasteiger partial charge on any atom is 0.472 e. The summed E-state index contributed by atoms with van der Waals surface area (Å²) in [5, 5.41) is 10.7. The normalized spacial score (nSPS) is 14.5. The van der Waals surface area contributed by atoms with Gasteiger partial charge in [-0.15, -0.1) is 0 Å². The molecule has 0 rings (SSSR count). The lowest BCUT2D eigenvalue weighted by atomic mass is 10.1. The molecule has 0 radical (unpaired) electrons. The van der Waals surface area contributed by atoms with E-state index < -0.39 is 97.5 Å². The van der Waals surface area contributed by atoms with Crippen LogP contribution in [0.25, 0.3) is 0 Å². The number of aliphatic hydroxyl groups is 1. The number of aliphatic hydroxyl groups excluding tert-OH is 1. The molecule has 0 bridgehead atoms. The molecule has 0 aliphatic carbocycles. The van der Waals surface area contributed by atoms with Crippen LogP contribution >= 0.6 is 15.6 Å². The molecule has 0 aliphatic rings. The van der Waals surface area contributed by atoms with Gasteiger partial charge in [0.1, 0.15) is 19.3 Å². The fraction of sp³-hybridized carbons (Fsp3) is 0.701. The summed E-state index contributed by atoms with van der Waals surface area (Å²) in [7, 11) is -9.98. The van der Waals surface area contributed by atoms with E-state index >= 15 is 0 Å². The monoisotopic (exact) mass is 1530 g/mol. The van der Waals surface area contributed by atoms with Crippen molar-refractivity contribution in [1.82, 2.24) is 0 Å². The minimum atomic E-state index is -4.99. The number of carbonyl (C=O) groups excluding carboxylic acids is 4. The molecular weight excluding hydrogens is 1380 g/mol. The average Bonchev–Trinajstić information content (AvgIpc) is 0.928. The molecule has 17 nitrogen and oxygen atoms in total. The Kier molecular flexibility index (Phi) is 74.8. The molecular formula is C87H148O17P2. The SMILES string of the molecule is CC/C=C\C/C=C\C/C=C\C/C=C\CCCCCCC(=O)OCC(COP(=O)(O)OCC(O)COP(=O)(O)OCC(COC(=O)CCCCCCCC/C=C\C/C=C\C/C=C\CCCCC)OC(=O)CCCCCCC/C=C\CCCCCCCC)OC(=O)CCCCCCC/C=C\C/C=C\C/C=C\CC. The van der Waals surface area contributed by atoms with Crippen LogP contribution in [0, 0.1) is 0 Å². The second-order valence-corrected chi connectivity index (χ2v) is 30.2. The van der Waals surface area contributed by atoms with Crippen molar-refractivity contribution < 1.29 is 80.2 Å². The molecule has 0 spiro atoms. The van der Waals surface area contributed by atoms with Gasteiger partial charge in [0.05, 0.1) is 26.4 Å². The van der Waals surface area contributed by atoms with Gasteiger partial charge in [0.2, 0.25) is 0 Å². The van der Waals surface area contributed by atoms with Crippen molar-refractivity contribution in [2.75, 3.05) is 39.6 Å². The summed E-state index contributed by atoms with van der Waals surface area (Å²) >= 11 is 0. The third-order valence-corrected chi connectivity index (χ3v) is 19.0. The van der Waals surface area contributed by atoms with Crippen LogP contribution in [0.15, 0.2) is 134 Å². The molecule has 0 saturated carbocycles. The molecule has 0 heterocycles. The molecule has 5 unspecified atom stereocenters. The number of carbonyl (C=O) groups is 4. The Balaban J connectivity index is 5.41. The van der Waals surface area contributed by atoms with E-state index in [1.54, 1.807) is 0 Å². The van der Waals surface area contributed by atoms with E-state index in [2.05, 4.69) is 161 Å². The summed E-state index contributed by atoms with van der Waals surface area (Å²) in [5.41, 5.74) is 0. The zero-order valence-corrected chi connectivity index (χ0v) is 68.4. The number of phosphoric ester groups is 2. The van der Waals surface area contributed by atoms with Crippen molar-refractivity contribution in [2.24, 2.45) is 0 Å². The first kappa shape index (κ1) is 101. The van der Waals surface area contributed by atoms with Gasteiger partial charge in [0, 0.05) is 25.7 Å². The summed E-state index contributed by atoms with van der Waals surface area (Å²) in [6.45, 7) is 4.57. The summed E-state index contributed by atoms with van der Waals surface area (Å²) in [6, 6.07) is 0. The quantitative estimate of drug-likeness (QED) is 0.0169. The van der Waals surface area contributed by atoms with Crippen LogP contribution in [0.4, 0.5) is 0 Å². The van der Waals surface area contributed by atoms with Gasteiger partial charge in [-0.05, 0) is 161 Å². The Morgan fingerprint density at radius 1 is 0.274 bits per heavy atom. The lowest BCUT2D eigenvalue weighted by molar-refractivity contribution is -0.161. The molecule has 0 fully saturated rings. The fourth-order valence-corrected chi connectivity index (χ4v) is 12.4. The Hall–Kier alpha value is -4.80. The van der Waals surface area contributed by atoms with Crippen molar-refractivity contribution in [3.05, 3.63) is 134 Å². The Morgan fingerprint density at radius 2 is 0.491 bits per heavy atom. The number of unbranched alkanes of at least 4 members (excludes halogenated alkanes) is 29. The predicted octanol–water partition coefficient (Wildman–Crippen LogP) is 24.4. The van der Waals surface area contributed by atoms with Gasteiger partial charge in [-0.2, -0.15) is 0 Å². The number of allylic oxidation sites excluding steroid dienone is 22.